The highest BCUT2D eigenvalue weighted by atomic mass is 16.5. The first-order valence-corrected chi connectivity index (χ1v) is 36.0. The van der Waals surface area contributed by atoms with Crippen molar-refractivity contribution in [2.24, 2.45) is 0 Å². The Morgan fingerprint density at radius 3 is 0.872 bits per heavy atom. The monoisotopic (exact) mass is 1100 g/mol. The summed E-state index contributed by atoms with van der Waals surface area (Å²) in [5, 5.41) is 23.1. The molecule has 0 aromatic heterocycles. The van der Waals surface area contributed by atoms with Crippen LogP contribution in [0.2, 0.25) is 0 Å². The molecule has 6 nitrogen and oxygen atoms in total. The number of aliphatic hydroxyl groups excluding tert-OH is 2. The lowest BCUT2D eigenvalue weighted by molar-refractivity contribution is -0.143. The second-order valence-electron chi connectivity index (χ2n) is 24.9. The summed E-state index contributed by atoms with van der Waals surface area (Å²) >= 11 is 0. The van der Waals surface area contributed by atoms with Gasteiger partial charge in [0, 0.05) is 12.8 Å². The van der Waals surface area contributed by atoms with Gasteiger partial charge in [0.05, 0.1) is 25.4 Å². The first-order chi connectivity index (χ1) is 38.5. The van der Waals surface area contributed by atoms with Crippen molar-refractivity contribution < 1.29 is 24.5 Å². The molecule has 0 saturated heterocycles. The Labute approximate surface area is 489 Å². The molecule has 2 atom stereocenters. The van der Waals surface area contributed by atoms with Gasteiger partial charge >= 0.3 is 5.97 Å². The van der Waals surface area contributed by atoms with Gasteiger partial charge in [0.25, 0.3) is 0 Å². The van der Waals surface area contributed by atoms with Crippen molar-refractivity contribution in [2.45, 2.75) is 424 Å². The van der Waals surface area contributed by atoms with Crippen LogP contribution in [0.15, 0.2) is 12.2 Å². The smallest absolute Gasteiger partial charge is 0.305 e. The number of rotatable bonds is 68. The Kier molecular flexibility index (Phi) is 66.9. The maximum Gasteiger partial charge on any atom is 0.305 e. The third-order valence-electron chi connectivity index (χ3n) is 17.1. The van der Waals surface area contributed by atoms with E-state index in [1.54, 1.807) is 6.08 Å². The van der Waals surface area contributed by atoms with Crippen molar-refractivity contribution in [3.05, 3.63) is 12.2 Å². The number of hydrogen-bond donors (Lipinski definition) is 3. The van der Waals surface area contributed by atoms with Crippen LogP contribution in [0.3, 0.4) is 0 Å². The number of aliphatic hydroxyl groups is 2. The third kappa shape index (κ3) is 63.8. The van der Waals surface area contributed by atoms with Crippen molar-refractivity contribution in [1.29, 1.82) is 0 Å². The molecule has 0 aromatic rings. The van der Waals surface area contributed by atoms with Gasteiger partial charge < -0.3 is 20.3 Å². The standard InChI is InChI=1S/C72H141NO5/c1-3-5-7-9-11-13-15-17-19-34-38-42-46-50-54-58-62-66-72(77)78-67-63-59-55-51-47-43-39-36-33-31-29-27-25-23-21-20-22-24-26-28-30-32-35-37-41-45-49-53-57-61-65-71(76)73-69(68-74)70(75)64-60-56-52-48-44-40-18-16-14-12-10-8-6-4-2/h60,64,69-70,74-75H,3-59,61-63,65-68H2,1-2H3,(H,73,76)/b64-60+. The highest BCUT2D eigenvalue weighted by Crippen LogP contribution is 2.19. The van der Waals surface area contributed by atoms with Crippen LogP contribution in [-0.2, 0) is 14.3 Å². The Balaban J connectivity index is 3.32. The molecular weight excluding hydrogens is 959 g/mol. The van der Waals surface area contributed by atoms with E-state index in [1.807, 2.05) is 6.08 Å². The highest BCUT2D eigenvalue weighted by Gasteiger charge is 2.18. The lowest BCUT2D eigenvalue weighted by atomic mass is 10.0. The zero-order chi connectivity index (χ0) is 56.4. The molecule has 0 aliphatic heterocycles. The summed E-state index contributed by atoms with van der Waals surface area (Å²) in [6.45, 7) is 4.95. The molecule has 78 heavy (non-hydrogen) atoms. The second-order valence-corrected chi connectivity index (χ2v) is 24.9. The van der Waals surface area contributed by atoms with E-state index in [-0.39, 0.29) is 18.5 Å². The van der Waals surface area contributed by atoms with Crippen LogP contribution in [-0.4, -0.2) is 47.4 Å². The van der Waals surface area contributed by atoms with E-state index in [1.165, 1.54) is 347 Å². The van der Waals surface area contributed by atoms with E-state index in [0.717, 1.165) is 38.5 Å². The molecule has 3 N–H and O–H groups in total. The van der Waals surface area contributed by atoms with Gasteiger partial charge in [-0.1, -0.05) is 379 Å². The van der Waals surface area contributed by atoms with Gasteiger partial charge in [0.2, 0.25) is 5.91 Å². The van der Waals surface area contributed by atoms with Crippen molar-refractivity contribution >= 4 is 11.9 Å². The molecule has 1 amide bonds. The number of amides is 1. The molecule has 0 radical (unpaired) electrons. The van der Waals surface area contributed by atoms with Crippen LogP contribution in [0.5, 0.6) is 0 Å². The summed E-state index contributed by atoms with van der Waals surface area (Å²) in [5.41, 5.74) is 0. The average molecular weight is 1100 g/mol. The number of hydrogen-bond acceptors (Lipinski definition) is 5. The minimum Gasteiger partial charge on any atom is -0.466 e. The molecule has 0 aromatic carbocycles. The molecule has 0 aliphatic rings. The zero-order valence-electron chi connectivity index (χ0n) is 53.2. The Bertz CT molecular complexity index is 1180. The predicted molar refractivity (Wildman–Crippen MR) is 343 cm³/mol. The Morgan fingerprint density at radius 1 is 0.346 bits per heavy atom. The fraction of sp³-hybridized carbons (Fsp3) is 0.944. The quantitative estimate of drug-likeness (QED) is 0.0320. The fourth-order valence-corrected chi connectivity index (χ4v) is 11.6. The lowest BCUT2D eigenvalue weighted by Crippen LogP contribution is -2.45. The number of esters is 1. The maximum absolute atomic E-state index is 12.5. The number of unbranched alkanes of at least 4 members (excludes halogenated alkanes) is 57. The summed E-state index contributed by atoms with van der Waals surface area (Å²) in [7, 11) is 0. The molecule has 0 heterocycles. The average Bonchev–Trinajstić information content (AvgIpc) is 3.44. The molecule has 0 saturated carbocycles. The highest BCUT2D eigenvalue weighted by molar-refractivity contribution is 5.76. The lowest BCUT2D eigenvalue weighted by Gasteiger charge is -2.20. The maximum atomic E-state index is 12.5. The molecule has 0 bridgehead atoms. The van der Waals surface area contributed by atoms with Gasteiger partial charge in [-0.05, 0) is 32.1 Å². The van der Waals surface area contributed by atoms with Crippen molar-refractivity contribution in [3.8, 4) is 0 Å². The largest absolute Gasteiger partial charge is 0.466 e. The summed E-state index contributed by atoms with van der Waals surface area (Å²) in [6.07, 6.45) is 84.5. The minimum atomic E-state index is -0.840. The minimum absolute atomic E-state index is 0.0247. The van der Waals surface area contributed by atoms with Crippen LogP contribution in [0, 0.1) is 0 Å². The first-order valence-electron chi connectivity index (χ1n) is 36.0. The normalized spacial score (nSPS) is 12.5. The number of ether oxygens (including phenoxy) is 1. The van der Waals surface area contributed by atoms with Gasteiger partial charge in [0.1, 0.15) is 0 Å². The second kappa shape index (κ2) is 68.1. The van der Waals surface area contributed by atoms with E-state index in [9.17, 15) is 19.8 Å². The van der Waals surface area contributed by atoms with Crippen molar-refractivity contribution in [1.82, 2.24) is 5.32 Å². The summed E-state index contributed by atoms with van der Waals surface area (Å²) in [4.78, 5) is 24.6. The molecule has 464 valence electrons. The van der Waals surface area contributed by atoms with Crippen LogP contribution in [0.25, 0.3) is 0 Å². The molecule has 6 heteroatoms. The van der Waals surface area contributed by atoms with Gasteiger partial charge in [-0.15, -0.1) is 0 Å². The number of carbonyl (C=O) groups is 2. The molecule has 0 fully saturated rings. The van der Waals surface area contributed by atoms with Gasteiger partial charge in [0.15, 0.2) is 0 Å². The molecule has 0 aliphatic carbocycles. The van der Waals surface area contributed by atoms with Gasteiger partial charge in [-0.25, -0.2) is 0 Å². The van der Waals surface area contributed by atoms with Crippen molar-refractivity contribution in [3.63, 3.8) is 0 Å². The van der Waals surface area contributed by atoms with E-state index >= 15 is 0 Å². The SMILES string of the molecule is CCCCCCCCCCCCCC/C=C/C(O)C(CO)NC(=O)CCCCCCCCCCCCCCCCCCCCCCCCCCCCCCCCOC(=O)CCCCCCCCCCCCCCCCCCC. The molecule has 0 spiro atoms. The molecule has 2 unspecified atom stereocenters. The fourth-order valence-electron chi connectivity index (χ4n) is 11.6. The summed E-state index contributed by atoms with van der Waals surface area (Å²) in [6, 6.07) is -0.624. The van der Waals surface area contributed by atoms with Crippen LogP contribution < -0.4 is 5.32 Å². The van der Waals surface area contributed by atoms with Crippen LogP contribution in [0.1, 0.15) is 412 Å². The number of nitrogens with one attached hydrogen (secondary N) is 1. The van der Waals surface area contributed by atoms with Crippen molar-refractivity contribution in [2.75, 3.05) is 13.2 Å². The first kappa shape index (κ1) is 76.6. The van der Waals surface area contributed by atoms with E-state index in [0.29, 0.717) is 19.4 Å². The Morgan fingerprint density at radius 2 is 0.590 bits per heavy atom. The summed E-state index contributed by atoms with van der Waals surface area (Å²) < 4.78 is 5.51. The number of allylic oxidation sites excluding steroid dienone is 1. The zero-order valence-corrected chi connectivity index (χ0v) is 53.2. The van der Waals surface area contributed by atoms with Crippen LogP contribution in [0.4, 0.5) is 0 Å². The number of carbonyl (C=O) groups excluding carboxylic acids is 2. The van der Waals surface area contributed by atoms with Gasteiger partial charge in [-0.3, -0.25) is 9.59 Å². The Hall–Kier alpha value is -1.40. The molecule has 0 rings (SSSR count). The van der Waals surface area contributed by atoms with Crippen LogP contribution >= 0.6 is 0 Å². The molecular formula is C72H141NO5. The predicted octanol–water partition coefficient (Wildman–Crippen LogP) is 23.1. The van der Waals surface area contributed by atoms with Gasteiger partial charge in [-0.2, -0.15) is 0 Å². The summed E-state index contributed by atoms with van der Waals surface area (Å²) in [5.74, 6) is -0.0368. The van der Waals surface area contributed by atoms with E-state index < -0.39 is 12.1 Å². The third-order valence-corrected chi connectivity index (χ3v) is 17.1. The van der Waals surface area contributed by atoms with E-state index in [2.05, 4.69) is 19.2 Å². The topological polar surface area (TPSA) is 95.9 Å². The van der Waals surface area contributed by atoms with E-state index in [4.69, 9.17) is 4.74 Å².